The summed E-state index contributed by atoms with van der Waals surface area (Å²) in [6, 6.07) is 8.06. The van der Waals surface area contributed by atoms with Crippen LogP contribution < -0.4 is 10.2 Å². The van der Waals surface area contributed by atoms with Crippen LogP contribution in [0.25, 0.3) is 10.2 Å². The molecule has 0 unspecified atom stereocenters. The highest BCUT2D eigenvalue weighted by molar-refractivity contribution is 8.00. The summed E-state index contributed by atoms with van der Waals surface area (Å²) in [6.07, 6.45) is 5.03. The number of fused-ring (bicyclic) bond motifs is 3. The number of benzene rings is 1. The van der Waals surface area contributed by atoms with Crippen LogP contribution in [-0.2, 0) is 22.4 Å². The maximum Gasteiger partial charge on any atom is 0.237 e. The molecule has 0 spiro atoms. The maximum absolute atomic E-state index is 12.9. The standard InChI is InChI=1S/C24H28N4O2S2/c1-15-3-8-19-20(13-15)32-24-21(19)23(25-14-26-24)31-16(2)22(29)27-17-4-6-18(7-5-17)28-9-11-30-12-10-28/h4-7,14-16H,3,8-13H2,1-2H3,(H,27,29)/t15-,16+/m1/s1. The van der Waals surface area contributed by atoms with E-state index >= 15 is 0 Å². The number of morpholine rings is 1. The molecule has 5 rings (SSSR count). The van der Waals surface area contributed by atoms with Crippen molar-refractivity contribution in [3.05, 3.63) is 41.0 Å². The van der Waals surface area contributed by atoms with Gasteiger partial charge in [-0.2, -0.15) is 0 Å². The lowest BCUT2D eigenvalue weighted by Gasteiger charge is -2.28. The van der Waals surface area contributed by atoms with Crippen LogP contribution >= 0.6 is 23.1 Å². The number of aryl methyl sites for hydroxylation is 1. The van der Waals surface area contributed by atoms with E-state index in [1.165, 1.54) is 34.0 Å². The molecule has 2 aromatic heterocycles. The molecule has 3 heterocycles. The Morgan fingerprint density at radius 2 is 2.03 bits per heavy atom. The Hall–Kier alpha value is -2.16. The van der Waals surface area contributed by atoms with E-state index in [1.54, 1.807) is 17.7 Å². The second-order valence-electron chi connectivity index (χ2n) is 8.61. The first kappa shape index (κ1) is 21.7. The number of amides is 1. The predicted molar refractivity (Wildman–Crippen MR) is 132 cm³/mol. The summed E-state index contributed by atoms with van der Waals surface area (Å²) < 4.78 is 5.42. The molecule has 1 aliphatic heterocycles. The lowest BCUT2D eigenvalue weighted by Crippen LogP contribution is -2.36. The number of carbonyl (C=O) groups excluding carboxylic acids is 1. The summed E-state index contributed by atoms with van der Waals surface area (Å²) in [4.78, 5) is 26.8. The zero-order chi connectivity index (χ0) is 22.1. The van der Waals surface area contributed by atoms with Crippen molar-refractivity contribution >= 4 is 50.6 Å². The highest BCUT2D eigenvalue weighted by atomic mass is 32.2. The first-order valence-electron chi connectivity index (χ1n) is 11.2. The normalized spacial score (nSPS) is 19.6. The fourth-order valence-corrected chi connectivity index (χ4v) is 6.74. The molecule has 8 heteroatoms. The van der Waals surface area contributed by atoms with E-state index in [-0.39, 0.29) is 11.2 Å². The molecule has 1 aromatic carbocycles. The summed E-state index contributed by atoms with van der Waals surface area (Å²) in [5.41, 5.74) is 3.38. The Balaban J connectivity index is 1.27. The van der Waals surface area contributed by atoms with Crippen LogP contribution in [0, 0.1) is 5.92 Å². The molecule has 0 bridgehead atoms. The van der Waals surface area contributed by atoms with Gasteiger partial charge in [0.05, 0.1) is 18.5 Å². The topological polar surface area (TPSA) is 67.4 Å². The van der Waals surface area contributed by atoms with Crippen molar-refractivity contribution < 1.29 is 9.53 Å². The van der Waals surface area contributed by atoms with Gasteiger partial charge in [0.1, 0.15) is 16.2 Å². The molecule has 168 valence electrons. The number of thiophene rings is 1. The van der Waals surface area contributed by atoms with Crippen molar-refractivity contribution in [3.63, 3.8) is 0 Å². The zero-order valence-electron chi connectivity index (χ0n) is 18.5. The fourth-order valence-electron chi connectivity index (χ4n) is 4.38. The number of ether oxygens (including phenoxy) is 1. The van der Waals surface area contributed by atoms with Crippen molar-refractivity contribution in [1.82, 2.24) is 9.97 Å². The van der Waals surface area contributed by atoms with Crippen LogP contribution in [0.3, 0.4) is 0 Å². The van der Waals surface area contributed by atoms with Crippen LogP contribution in [0.15, 0.2) is 35.6 Å². The average molecular weight is 469 g/mol. The van der Waals surface area contributed by atoms with Crippen molar-refractivity contribution in [2.45, 2.75) is 43.4 Å². The molecule has 1 aliphatic carbocycles. The minimum atomic E-state index is -0.259. The van der Waals surface area contributed by atoms with Gasteiger partial charge in [-0.15, -0.1) is 11.3 Å². The minimum Gasteiger partial charge on any atom is -0.378 e. The number of rotatable bonds is 5. The van der Waals surface area contributed by atoms with Gasteiger partial charge in [-0.1, -0.05) is 18.7 Å². The maximum atomic E-state index is 12.9. The lowest BCUT2D eigenvalue weighted by atomic mass is 9.89. The molecule has 0 radical (unpaired) electrons. The Morgan fingerprint density at radius 3 is 2.81 bits per heavy atom. The van der Waals surface area contributed by atoms with E-state index in [1.807, 2.05) is 19.1 Å². The second kappa shape index (κ2) is 9.37. The number of hydrogen-bond acceptors (Lipinski definition) is 7. The largest absolute Gasteiger partial charge is 0.378 e. The first-order valence-corrected chi connectivity index (χ1v) is 12.9. The summed E-state index contributed by atoms with van der Waals surface area (Å²) in [7, 11) is 0. The Morgan fingerprint density at radius 1 is 1.25 bits per heavy atom. The molecule has 1 fully saturated rings. The van der Waals surface area contributed by atoms with E-state index in [0.717, 1.165) is 66.3 Å². The molecule has 6 nitrogen and oxygen atoms in total. The Kier molecular flexibility index (Phi) is 6.35. The Bertz CT molecular complexity index is 1110. The van der Waals surface area contributed by atoms with Gasteiger partial charge in [0, 0.05) is 34.7 Å². The molecular weight excluding hydrogens is 440 g/mol. The predicted octanol–water partition coefficient (Wildman–Crippen LogP) is 4.77. The minimum absolute atomic E-state index is 0.0152. The van der Waals surface area contributed by atoms with Gasteiger partial charge in [-0.25, -0.2) is 9.97 Å². The van der Waals surface area contributed by atoms with E-state index in [9.17, 15) is 4.79 Å². The number of hydrogen-bond donors (Lipinski definition) is 1. The summed E-state index contributed by atoms with van der Waals surface area (Å²) >= 11 is 3.32. The third kappa shape index (κ3) is 4.49. The molecule has 1 amide bonds. The number of nitrogens with zero attached hydrogens (tertiary/aromatic N) is 3. The number of thioether (sulfide) groups is 1. The van der Waals surface area contributed by atoms with Crippen LogP contribution in [0.4, 0.5) is 11.4 Å². The number of carbonyl (C=O) groups is 1. The van der Waals surface area contributed by atoms with E-state index in [0.29, 0.717) is 0 Å². The molecular formula is C24H28N4O2S2. The van der Waals surface area contributed by atoms with Gasteiger partial charge < -0.3 is 15.0 Å². The van der Waals surface area contributed by atoms with Crippen molar-refractivity contribution in [1.29, 1.82) is 0 Å². The van der Waals surface area contributed by atoms with E-state index < -0.39 is 0 Å². The molecule has 2 atom stereocenters. The van der Waals surface area contributed by atoms with Gasteiger partial charge in [0.15, 0.2) is 0 Å². The third-order valence-corrected chi connectivity index (χ3v) is 8.49. The molecule has 1 saturated heterocycles. The van der Waals surface area contributed by atoms with Crippen LogP contribution in [0.1, 0.15) is 30.7 Å². The summed E-state index contributed by atoms with van der Waals surface area (Å²) in [5, 5.41) is 4.89. The molecule has 2 aliphatic rings. The zero-order valence-corrected chi connectivity index (χ0v) is 20.1. The average Bonchev–Trinajstić information content (AvgIpc) is 3.18. The number of aromatic nitrogens is 2. The summed E-state index contributed by atoms with van der Waals surface area (Å²) in [6.45, 7) is 7.58. The third-order valence-electron chi connectivity index (χ3n) is 6.23. The highest BCUT2D eigenvalue weighted by Crippen LogP contribution is 2.41. The highest BCUT2D eigenvalue weighted by Gasteiger charge is 2.25. The second-order valence-corrected chi connectivity index (χ2v) is 11.0. The monoisotopic (exact) mass is 468 g/mol. The molecule has 1 N–H and O–H groups in total. The summed E-state index contributed by atoms with van der Waals surface area (Å²) in [5.74, 6) is 0.706. The van der Waals surface area contributed by atoms with E-state index in [4.69, 9.17) is 4.74 Å². The number of nitrogens with one attached hydrogen (secondary N) is 1. The number of anilines is 2. The quantitative estimate of drug-likeness (QED) is 0.430. The van der Waals surface area contributed by atoms with Crippen molar-refractivity contribution in [2.24, 2.45) is 5.92 Å². The van der Waals surface area contributed by atoms with Crippen LogP contribution in [-0.4, -0.2) is 47.4 Å². The lowest BCUT2D eigenvalue weighted by molar-refractivity contribution is -0.115. The first-order chi connectivity index (χ1) is 15.6. The van der Waals surface area contributed by atoms with E-state index in [2.05, 4.69) is 39.2 Å². The SMILES string of the molecule is C[C@@H]1CCc2c(sc3ncnc(S[C@@H](C)C(=O)Nc4ccc(N5CCOCC5)cc4)c23)C1. The van der Waals surface area contributed by atoms with Gasteiger partial charge in [0.25, 0.3) is 0 Å². The fraction of sp³-hybridized carbons (Fsp3) is 0.458. The van der Waals surface area contributed by atoms with Gasteiger partial charge in [0.2, 0.25) is 5.91 Å². The Labute approximate surface area is 196 Å². The molecule has 32 heavy (non-hydrogen) atoms. The molecule has 3 aromatic rings. The van der Waals surface area contributed by atoms with Crippen LogP contribution in [0.2, 0.25) is 0 Å². The molecule has 0 saturated carbocycles. The smallest absolute Gasteiger partial charge is 0.237 e. The van der Waals surface area contributed by atoms with Crippen LogP contribution in [0.5, 0.6) is 0 Å². The van der Waals surface area contributed by atoms with Crippen molar-refractivity contribution in [3.8, 4) is 0 Å². The van der Waals surface area contributed by atoms with Gasteiger partial charge in [-0.05, 0) is 61.9 Å². The van der Waals surface area contributed by atoms with Gasteiger partial charge in [-0.3, -0.25) is 4.79 Å². The van der Waals surface area contributed by atoms with Crippen molar-refractivity contribution in [2.75, 3.05) is 36.5 Å². The van der Waals surface area contributed by atoms with Gasteiger partial charge >= 0.3 is 0 Å².